The summed E-state index contributed by atoms with van der Waals surface area (Å²) in [6, 6.07) is 70.6. The van der Waals surface area contributed by atoms with Gasteiger partial charge in [-0.1, -0.05) is 103 Å². The first-order valence-corrected chi connectivity index (χ1v) is 19.5. The van der Waals surface area contributed by atoms with Crippen molar-refractivity contribution >= 4 is 82.7 Å². The Balaban J connectivity index is 0.992. The number of fused-ring (bicyclic) bond motifs is 9. The summed E-state index contributed by atoms with van der Waals surface area (Å²) in [4.78, 5) is 7.14. The molecule has 5 nitrogen and oxygen atoms in total. The predicted octanol–water partition coefficient (Wildman–Crippen LogP) is 14.8. The number of oxazole rings is 1. The van der Waals surface area contributed by atoms with Crippen molar-refractivity contribution in [1.82, 2.24) is 9.55 Å². The molecule has 12 aromatic rings. The van der Waals surface area contributed by atoms with E-state index in [9.17, 15) is 0 Å². The van der Waals surface area contributed by atoms with Crippen LogP contribution in [0.15, 0.2) is 209 Å². The molecule has 0 saturated heterocycles. The van der Waals surface area contributed by atoms with Gasteiger partial charge >= 0.3 is 0 Å². The van der Waals surface area contributed by atoms with E-state index < -0.39 is 0 Å². The van der Waals surface area contributed by atoms with Gasteiger partial charge in [-0.05, 0) is 114 Å². The molecule has 0 amide bonds. The summed E-state index contributed by atoms with van der Waals surface area (Å²) in [5.74, 6) is 0.633. The third-order valence-corrected chi connectivity index (χ3v) is 11.4. The number of hydrogen-bond donors (Lipinski definition) is 0. The number of anilines is 3. The Bertz CT molecular complexity index is 3510. The van der Waals surface area contributed by atoms with Crippen LogP contribution in [0.2, 0.25) is 0 Å². The average molecular weight is 744 g/mol. The minimum Gasteiger partial charge on any atom is -0.456 e. The summed E-state index contributed by atoms with van der Waals surface area (Å²) in [7, 11) is 0. The highest BCUT2D eigenvalue weighted by Gasteiger charge is 2.19. The Morgan fingerprint density at radius 3 is 1.91 bits per heavy atom. The summed E-state index contributed by atoms with van der Waals surface area (Å²) in [5, 5.41) is 6.78. The van der Waals surface area contributed by atoms with Crippen molar-refractivity contribution in [1.29, 1.82) is 0 Å². The third kappa shape index (κ3) is 5.14. The first kappa shape index (κ1) is 32.4. The van der Waals surface area contributed by atoms with Gasteiger partial charge in [-0.3, -0.25) is 0 Å². The second-order valence-electron chi connectivity index (χ2n) is 14.8. The maximum absolute atomic E-state index is 6.34. The van der Waals surface area contributed by atoms with Crippen LogP contribution in [0.1, 0.15) is 0 Å². The Kier molecular flexibility index (Phi) is 7.16. The first-order chi connectivity index (χ1) is 28.7. The number of hydrogen-bond acceptors (Lipinski definition) is 4. The van der Waals surface area contributed by atoms with Crippen molar-refractivity contribution in [2.45, 2.75) is 0 Å². The summed E-state index contributed by atoms with van der Waals surface area (Å²) >= 11 is 0. The highest BCUT2D eigenvalue weighted by atomic mass is 16.3. The molecule has 3 heterocycles. The molecular weight excluding hydrogens is 711 g/mol. The van der Waals surface area contributed by atoms with E-state index in [-0.39, 0.29) is 0 Å². The fourth-order valence-electron chi connectivity index (χ4n) is 8.65. The molecular formula is C53H33N3O2. The van der Waals surface area contributed by atoms with Gasteiger partial charge in [-0.2, -0.15) is 0 Å². The van der Waals surface area contributed by atoms with Gasteiger partial charge < -0.3 is 18.3 Å². The summed E-state index contributed by atoms with van der Waals surface area (Å²) in [6.07, 6.45) is 0. The first-order valence-electron chi connectivity index (χ1n) is 19.5. The van der Waals surface area contributed by atoms with Gasteiger partial charge in [-0.15, -0.1) is 0 Å². The molecule has 9 aromatic carbocycles. The molecule has 0 bridgehead atoms. The molecule has 0 saturated carbocycles. The molecule has 12 rings (SSSR count). The highest BCUT2D eigenvalue weighted by molar-refractivity contribution is 6.11. The molecule has 5 heteroatoms. The summed E-state index contributed by atoms with van der Waals surface area (Å²) in [6.45, 7) is 0. The van der Waals surface area contributed by atoms with Crippen molar-refractivity contribution in [2.75, 3.05) is 4.90 Å². The van der Waals surface area contributed by atoms with Crippen molar-refractivity contribution in [3.05, 3.63) is 200 Å². The number of furan rings is 1. The Morgan fingerprint density at radius 1 is 0.397 bits per heavy atom. The van der Waals surface area contributed by atoms with E-state index >= 15 is 0 Å². The zero-order chi connectivity index (χ0) is 38.2. The van der Waals surface area contributed by atoms with Gasteiger partial charge in [-0.25, -0.2) is 4.98 Å². The molecule has 58 heavy (non-hydrogen) atoms. The van der Waals surface area contributed by atoms with Crippen molar-refractivity contribution < 1.29 is 8.83 Å². The summed E-state index contributed by atoms with van der Waals surface area (Å²) < 4.78 is 15.0. The van der Waals surface area contributed by atoms with Gasteiger partial charge in [0.05, 0.1) is 11.0 Å². The van der Waals surface area contributed by atoms with Crippen LogP contribution >= 0.6 is 0 Å². The lowest BCUT2D eigenvalue weighted by Gasteiger charge is -2.26. The SMILES string of the molecule is c1ccc(-c2nc3ccc4cc(-c5ccc(N(c6ccc7oc8ccccc8c7c6)c6ccc7c8ccccc8n(-c8ccccc8)c7c6)cc5)ccc4c3o2)cc1. The van der Waals surface area contributed by atoms with Crippen molar-refractivity contribution in [3.63, 3.8) is 0 Å². The zero-order valence-electron chi connectivity index (χ0n) is 31.2. The lowest BCUT2D eigenvalue weighted by atomic mass is 10.00. The fraction of sp³-hybridized carbons (Fsp3) is 0. The fourth-order valence-corrected chi connectivity index (χ4v) is 8.65. The molecule has 0 aliphatic carbocycles. The smallest absolute Gasteiger partial charge is 0.227 e. The highest BCUT2D eigenvalue weighted by Crippen LogP contribution is 2.42. The normalized spacial score (nSPS) is 11.8. The maximum Gasteiger partial charge on any atom is 0.227 e. The van der Waals surface area contributed by atoms with E-state index in [4.69, 9.17) is 13.8 Å². The number of aromatic nitrogens is 2. The Labute approximate surface area is 333 Å². The van der Waals surface area contributed by atoms with Crippen LogP contribution in [0.25, 0.3) is 93.9 Å². The number of rotatable bonds is 6. The van der Waals surface area contributed by atoms with Gasteiger partial charge in [0.2, 0.25) is 5.89 Å². The Morgan fingerprint density at radius 2 is 1.05 bits per heavy atom. The van der Waals surface area contributed by atoms with Crippen molar-refractivity contribution in [3.8, 4) is 28.3 Å². The minimum atomic E-state index is 0.633. The molecule has 0 unspecified atom stereocenters. The van der Waals surface area contributed by atoms with Gasteiger partial charge in [0.15, 0.2) is 5.58 Å². The number of benzene rings is 9. The Hall–Kier alpha value is -7.89. The third-order valence-electron chi connectivity index (χ3n) is 11.4. The van der Waals surface area contributed by atoms with Crippen LogP contribution in [0, 0.1) is 0 Å². The summed E-state index contributed by atoms with van der Waals surface area (Å²) in [5.41, 5.74) is 13.3. The van der Waals surface area contributed by atoms with Crippen LogP contribution in [-0.2, 0) is 0 Å². The van der Waals surface area contributed by atoms with Crippen LogP contribution in [-0.4, -0.2) is 9.55 Å². The van der Waals surface area contributed by atoms with Gasteiger partial charge in [0, 0.05) is 55.2 Å². The zero-order valence-corrected chi connectivity index (χ0v) is 31.2. The van der Waals surface area contributed by atoms with E-state index in [0.717, 1.165) is 88.8 Å². The molecule has 0 spiro atoms. The predicted molar refractivity (Wildman–Crippen MR) is 239 cm³/mol. The number of nitrogens with zero attached hydrogens (tertiary/aromatic N) is 3. The average Bonchev–Trinajstić information content (AvgIpc) is 3.99. The second-order valence-corrected chi connectivity index (χ2v) is 14.8. The van der Waals surface area contributed by atoms with E-state index in [2.05, 4.69) is 161 Å². The molecule has 272 valence electrons. The molecule has 0 atom stereocenters. The van der Waals surface area contributed by atoms with Crippen LogP contribution in [0.4, 0.5) is 17.1 Å². The molecule has 0 radical (unpaired) electrons. The minimum absolute atomic E-state index is 0.633. The van der Waals surface area contributed by atoms with Crippen molar-refractivity contribution in [2.24, 2.45) is 0 Å². The second kappa shape index (κ2) is 12.8. The van der Waals surface area contributed by atoms with Gasteiger partial charge in [0.1, 0.15) is 16.7 Å². The standard InChI is InChI=1S/C53H33N3O2/c1-3-11-35(12-4-1)53-54-47-29-22-37-31-36(21-27-42(37)52(47)58-53)34-19-23-39(24-20-34)55(40-26-30-51-46(32-40)45-16-8-10-18-50(45)57-51)41-25-28-44-43-15-7-9-17-48(43)56(49(44)33-41)38-13-5-2-6-14-38/h1-33H. The van der Waals surface area contributed by atoms with E-state index in [0.29, 0.717) is 5.89 Å². The molecule has 0 aliphatic heterocycles. The maximum atomic E-state index is 6.34. The largest absolute Gasteiger partial charge is 0.456 e. The van der Waals surface area contributed by atoms with E-state index in [1.54, 1.807) is 0 Å². The monoisotopic (exact) mass is 743 g/mol. The molecule has 0 fully saturated rings. The topological polar surface area (TPSA) is 47.3 Å². The lowest BCUT2D eigenvalue weighted by Crippen LogP contribution is -2.10. The molecule has 0 aliphatic rings. The quantitative estimate of drug-likeness (QED) is 0.170. The van der Waals surface area contributed by atoms with Crippen LogP contribution < -0.4 is 4.90 Å². The molecule has 3 aromatic heterocycles. The van der Waals surface area contributed by atoms with Crippen LogP contribution in [0.5, 0.6) is 0 Å². The van der Waals surface area contributed by atoms with E-state index in [1.807, 2.05) is 48.5 Å². The molecule has 0 N–H and O–H groups in total. The van der Waals surface area contributed by atoms with Gasteiger partial charge in [0.25, 0.3) is 0 Å². The van der Waals surface area contributed by atoms with Crippen LogP contribution in [0.3, 0.4) is 0 Å². The number of para-hydroxylation sites is 3. The lowest BCUT2D eigenvalue weighted by molar-refractivity contribution is 0.623. The van der Waals surface area contributed by atoms with E-state index in [1.165, 1.54) is 16.3 Å².